The second-order valence-electron chi connectivity index (χ2n) is 4.17. The molecule has 0 saturated carbocycles. The largest absolute Gasteiger partial charge is 0.269 e. The van der Waals surface area contributed by atoms with Gasteiger partial charge in [-0.1, -0.05) is 30.3 Å². The van der Waals surface area contributed by atoms with E-state index in [-0.39, 0.29) is 5.38 Å². The molecular weight excluding hydrogens is 312 g/mol. The van der Waals surface area contributed by atoms with Crippen molar-refractivity contribution in [2.45, 2.75) is 31.7 Å². The molecule has 0 aliphatic heterocycles. The molecule has 1 aromatic carbocycles. The summed E-state index contributed by atoms with van der Waals surface area (Å²) < 4.78 is 3.08. The minimum Gasteiger partial charge on any atom is -0.269 e. The van der Waals surface area contributed by atoms with Crippen molar-refractivity contribution < 1.29 is 0 Å². The Kier molecular flexibility index (Phi) is 4.84. The zero-order valence-corrected chi connectivity index (χ0v) is 12.7. The quantitative estimate of drug-likeness (QED) is 0.735. The van der Waals surface area contributed by atoms with Crippen molar-refractivity contribution in [1.82, 2.24) is 9.78 Å². The Morgan fingerprint density at radius 3 is 2.72 bits per heavy atom. The number of hydrogen-bond donors (Lipinski definition) is 0. The van der Waals surface area contributed by atoms with Gasteiger partial charge in [0.05, 0.1) is 21.7 Å². The molecule has 0 aliphatic carbocycles. The third-order valence-electron chi connectivity index (χ3n) is 2.99. The molecule has 0 fully saturated rings. The molecule has 0 bridgehead atoms. The van der Waals surface area contributed by atoms with E-state index in [0.717, 1.165) is 23.9 Å². The molecule has 0 spiro atoms. The van der Waals surface area contributed by atoms with Crippen LogP contribution in [0.3, 0.4) is 0 Å². The van der Waals surface area contributed by atoms with Gasteiger partial charge in [0, 0.05) is 6.54 Å². The minimum atomic E-state index is 0.0540. The zero-order chi connectivity index (χ0) is 13.0. The van der Waals surface area contributed by atoms with Crippen LogP contribution in [0.1, 0.15) is 30.0 Å². The first kappa shape index (κ1) is 13.6. The molecule has 1 heterocycles. The Hall–Kier alpha value is -0.800. The fourth-order valence-corrected chi connectivity index (χ4v) is 2.75. The van der Waals surface area contributed by atoms with Crippen molar-refractivity contribution in [1.29, 1.82) is 0 Å². The lowest BCUT2D eigenvalue weighted by atomic mass is 10.1. The van der Waals surface area contributed by atoms with E-state index in [4.69, 9.17) is 11.6 Å². The minimum absolute atomic E-state index is 0.0540. The average Bonchev–Trinajstić information content (AvgIpc) is 2.77. The summed E-state index contributed by atoms with van der Waals surface area (Å²) in [5, 5.41) is 4.37. The van der Waals surface area contributed by atoms with Crippen molar-refractivity contribution >= 4 is 27.5 Å². The number of halogens is 2. The highest BCUT2D eigenvalue weighted by molar-refractivity contribution is 9.10. The van der Waals surface area contributed by atoms with Gasteiger partial charge in [0.25, 0.3) is 0 Å². The SMILES string of the molecule is CCn1ncc(Br)c1CCC(Cl)c1ccccc1. The van der Waals surface area contributed by atoms with Crippen LogP contribution in [0, 0.1) is 0 Å². The molecule has 4 heteroatoms. The van der Waals surface area contributed by atoms with Crippen molar-refractivity contribution in [2.24, 2.45) is 0 Å². The number of aryl methyl sites for hydroxylation is 1. The first-order valence-corrected chi connectivity index (χ1v) is 7.34. The van der Waals surface area contributed by atoms with Crippen molar-refractivity contribution in [3.05, 3.63) is 52.3 Å². The lowest BCUT2D eigenvalue weighted by Gasteiger charge is -2.11. The standard InChI is InChI=1S/C14H16BrClN2/c1-2-18-14(12(15)10-17-18)9-8-13(16)11-6-4-3-5-7-11/h3-7,10,13H,2,8-9H2,1H3. The number of nitrogens with zero attached hydrogens (tertiary/aromatic N) is 2. The van der Waals surface area contributed by atoms with Crippen LogP contribution >= 0.6 is 27.5 Å². The highest BCUT2D eigenvalue weighted by Gasteiger charge is 2.12. The van der Waals surface area contributed by atoms with Gasteiger partial charge in [0.1, 0.15) is 0 Å². The molecule has 18 heavy (non-hydrogen) atoms. The Morgan fingerprint density at radius 2 is 2.06 bits per heavy atom. The number of hydrogen-bond acceptors (Lipinski definition) is 1. The van der Waals surface area contributed by atoms with Crippen molar-refractivity contribution in [3.63, 3.8) is 0 Å². The molecule has 2 aromatic rings. The van der Waals surface area contributed by atoms with Gasteiger partial charge in [-0.05, 0) is 41.3 Å². The van der Waals surface area contributed by atoms with Crippen LogP contribution in [-0.4, -0.2) is 9.78 Å². The first-order valence-electron chi connectivity index (χ1n) is 6.11. The van der Waals surface area contributed by atoms with Crippen LogP contribution in [0.2, 0.25) is 0 Å². The predicted molar refractivity (Wildman–Crippen MR) is 79.0 cm³/mol. The fourth-order valence-electron chi connectivity index (χ4n) is 2.00. The molecule has 0 saturated heterocycles. The number of aromatic nitrogens is 2. The smallest absolute Gasteiger partial charge is 0.0635 e. The third-order valence-corrected chi connectivity index (χ3v) is 4.13. The number of rotatable bonds is 5. The predicted octanol–water partition coefficient (Wildman–Crippen LogP) is 4.58. The van der Waals surface area contributed by atoms with Crippen LogP contribution in [0.25, 0.3) is 0 Å². The van der Waals surface area contributed by atoms with Gasteiger partial charge in [-0.25, -0.2) is 0 Å². The molecular formula is C14H16BrClN2. The van der Waals surface area contributed by atoms with E-state index in [1.165, 1.54) is 11.3 Å². The van der Waals surface area contributed by atoms with Crippen LogP contribution in [-0.2, 0) is 13.0 Å². The zero-order valence-electron chi connectivity index (χ0n) is 10.3. The van der Waals surface area contributed by atoms with Crippen LogP contribution in [0.5, 0.6) is 0 Å². The van der Waals surface area contributed by atoms with E-state index in [9.17, 15) is 0 Å². The lowest BCUT2D eigenvalue weighted by molar-refractivity contribution is 0.606. The highest BCUT2D eigenvalue weighted by atomic mass is 79.9. The van der Waals surface area contributed by atoms with E-state index in [0.29, 0.717) is 0 Å². The Labute approximate surface area is 121 Å². The van der Waals surface area contributed by atoms with Crippen LogP contribution < -0.4 is 0 Å². The van der Waals surface area contributed by atoms with Crippen LogP contribution in [0.4, 0.5) is 0 Å². The van der Waals surface area contributed by atoms with Crippen molar-refractivity contribution in [3.8, 4) is 0 Å². The lowest BCUT2D eigenvalue weighted by Crippen LogP contribution is -2.04. The normalized spacial score (nSPS) is 12.6. The molecule has 0 N–H and O–H groups in total. The van der Waals surface area contributed by atoms with Gasteiger partial charge in [0.2, 0.25) is 0 Å². The van der Waals surface area contributed by atoms with Crippen molar-refractivity contribution in [2.75, 3.05) is 0 Å². The van der Waals surface area contributed by atoms with Gasteiger partial charge in [-0.2, -0.15) is 5.10 Å². The molecule has 1 unspecified atom stereocenters. The average molecular weight is 328 g/mol. The van der Waals surface area contributed by atoms with E-state index in [1.807, 2.05) is 29.1 Å². The molecule has 96 valence electrons. The summed E-state index contributed by atoms with van der Waals surface area (Å²) in [5.41, 5.74) is 2.40. The maximum atomic E-state index is 6.43. The summed E-state index contributed by atoms with van der Waals surface area (Å²) in [6, 6.07) is 10.2. The van der Waals surface area contributed by atoms with Crippen LogP contribution in [0.15, 0.2) is 41.0 Å². The summed E-state index contributed by atoms with van der Waals surface area (Å²) in [4.78, 5) is 0. The number of benzene rings is 1. The summed E-state index contributed by atoms with van der Waals surface area (Å²) >= 11 is 9.96. The molecule has 1 atom stereocenters. The van der Waals surface area contributed by atoms with Gasteiger partial charge in [0.15, 0.2) is 0 Å². The second-order valence-corrected chi connectivity index (χ2v) is 5.55. The van der Waals surface area contributed by atoms with E-state index in [2.05, 4.69) is 40.1 Å². The maximum absolute atomic E-state index is 6.43. The maximum Gasteiger partial charge on any atom is 0.0635 e. The monoisotopic (exact) mass is 326 g/mol. The van der Waals surface area contributed by atoms with Gasteiger partial charge in [-0.15, -0.1) is 11.6 Å². The topological polar surface area (TPSA) is 17.8 Å². The Morgan fingerprint density at radius 1 is 1.33 bits per heavy atom. The Bertz CT molecular complexity index is 496. The molecule has 2 nitrogen and oxygen atoms in total. The summed E-state index contributed by atoms with van der Waals surface area (Å²) in [6.07, 6.45) is 3.69. The van der Waals surface area contributed by atoms with Gasteiger partial charge < -0.3 is 0 Å². The molecule has 0 aliphatic rings. The second kappa shape index (κ2) is 6.39. The molecule has 0 radical (unpaired) electrons. The van der Waals surface area contributed by atoms with E-state index >= 15 is 0 Å². The molecule has 0 amide bonds. The summed E-state index contributed by atoms with van der Waals surface area (Å²) in [7, 11) is 0. The Balaban J connectivity index is 2.01. The first-order chi connectivity index (χ1) is 8.72. The number of alkyl halides is 1. The highest BCUT2D eigenvalue weighted by Crippen LogP contribution is 2.27. The van der Waals surface area contributed by atoms with Gasteiger partial charge in [-0.3, -0.25) is 4.68 Å². The third kappa shape index (κ3) is 3.15. The summed E-state index contributed by atoms with van der Waals surface area (Å²) in [6.45, 7) is 2.98. The fraction of sp³-hybridized carbons (Fsp3) is 0.357. The van der Waals surface area contributed by atoms with Gasteiger partial charge >= 0.3 is 0 Å². The van der Waals surface area contributed by atoms with E-state index in [1.54, 1.807) is 0 Å². The molecule has 2 rings (SSSR count). The van der Waals surface area contributed by atoms with E-state index < -0.39 is 0 Å². The summed E-state index contributed by atoms with van der Waals surface area (Å²) in [5.74, 6) is 0. The molecule has 1 aromatic heterocycles.